The number of hydrogen-bond acceptors (Lipinski definition) is 4. The smallest absolute Gasteiger partial charge is 0.273 e. The standard InChI is InChI=1S/C12H13FN4O3S/c1-7-5-10(17(2)16-7)12(18)15-9-6-8(13)3-4-11(9)21(14,19)20/h3-6H,1-2H3,(H,15,18)(H2,14,19,20). The number of carbonyl (C=O) groups is 1. The summed E-state index contributed by atoms with van der Waals surface area (Å²) in [6.45, 7) is 1.70. The van der Waals surface area contributed by atoms with Gasteiger partial charge in [-0.2, -0.15) is 5.10 Å². The molecule has 21 heavy (non-hydrogen) atoms. The van der Waals surface area contributed by atoms with Crippen LogP contribution in [0.3, 0.4) is 0 Å². The number of rotatable bonds is 3. The molecule has 0 unspecified atom stereocenters. The van der Waals surface area contributed by atoms with Crippen molar-refractivity contribution in [3.05, 3.63) is 41.5 Å². The van der Waals surface area contributed by atoms with Crippen LogP contribution in [-0.4, -0.2) is 24.1 Å². The molecule has 1 heterocycles. The van der Waals surface area contributed by atoms with Crippen molar-refractivity contribution in [3.8, 4) is 0 Å². The van der Waals surface area contributed by atoms with Crippen molar-refractivity contribution in [1.82, 2.24) is 9.78 Å². The van der Waals surface area contributed by atoms with E-state index in [0.29, 0.717) is 5.69 Å². The fourth-order valence-corrected chi connectivity index (χ4v) is 2.53. The normalized spacial score (nSPS) is 11.4. The fourth-order valence-electron chi connectivity index (χ4n) is 1.86. The third-order valence-corrected chi connectivity index (χ3v) is 3.70. The maximum atomic E-state index is 13.3. The fraction of sp³-hybridized carbons (Fsp3) is 0.167. The van der Waals surface area contributed by atoms with E-state index in [4.69, 9.17) is 5.14 Å². The van der Waals surface area contributed by atoms with Crippen LogP contribution in [0, 0.1) is 12.7 Å². The molecule has 1 amide bonds. The third-order valence-electron chi connectivity index (χ3n) is 2.73. The number of nitrogens with one attached hydrogen (secondary N) is 1. The van der Waals surface area contributed by atoms with Crippen LogP contribution in [-0.2, 0) is 17.1 Å². The van der Waals surface area contributed by atoms with Crippen LogP contribution < -0.4 is 10.5 Å². The quantitative estimate of drug-likeness (QED) is 0.872. The monoisotopic (exact) mass is 312 g/mol. The van der Waals surface area contributed by atoms with E-state index in [1.807, 2.05) is 0 Å². The molecule has 0 aliphatic rings. The first-order chi connectivity index (χ1) is 9.68. The topological polar surface area (TPSA) is 107 Å². The molecule has 112 valence electrons. The van der Waals surface area contributed by atoms with Crippen LogP contribution in [0.4, 0.5) is 10.1 Å². The van der Waals surface area contributed by atoms with Gasteiger partial charge in [0.15, 0.2) is 0 Å². The number of aryl methyl sites for hydroxylation is 2. The lowest BCUT2D eigenvalue weighted by molar-refractivity contribution is 0.101. The summed E-state index contributed by atoms with van der Waals surface area (Å²) in [4.78, 5) is 11.7. The Labute approximate surface area is 120 Å². The molecule has 0 radical (unpaired) electrons. The Kier molecular flexibility index (Phi) is 3.79. The minimum Gasteiger partial charge on any atom is -0.319 e. The summed E-state index contributed by atoms with van der Waals surface area (Å²) in [5.41, 5.74) is 0.604. The number of amides is 1. The molecule has 0 fully saturated rings. The second-order valence-corrected chi connectivity index (χ2v) is 5.96. The lowest BCUT2D eigenvalue weighted by Gasteiger charge is -2.09. The summed E-state index contributed by atoms with van der Waals surface area (Å²) in [5.74, 6) is -1.31. The Morgan fingerprint density at radius 2 is 2.05 bits per heavy atom. The van der Waals surface area contributed by atoms with Crippen LogP contribution in [0.5, 0.6) is 0 Å². The van der Waals surface area contributed by atoms with Gasteiger partial charge in [-0.25, -0.2) is 17.9 Å². The van der Waals surface area contributed by atoms with Crippen molar-refractivity contribution < 1.29 is 17.6 Å². The average Bonchev–Trinajstić information content (AvgIpc) is 2.67. The predicted molar refractivity (Wildman–Crippen MR) is 73.7 cm³/mol. The van der Waals surface area contributed by atoms with E-state index in [0.717, 1.165) is 18.2 Å². The number of sulfonamides is 1. The summed E-state index contributed by atoms with van der Waals surface area (Å²) in [5, 5.41) is 11.4. The van der Waals surface area contributed by atoms with Crippen LogP contribution in [0.15, 0.2) is 29.2 Å². The molecule has 2 rings (SSSR count). The third kappa shape index (κ3) is 3.26. The van der Waals surface area contributed by atoms with E-state index >= 15 is 0 Å². The molecule has 0 spiro atoms. The van der Waals surface area contributed by atoms with Gasteiger partial charge in [-0.1, -0.05) is 0 Å². The number of primary sulfonamides is 1. The molecule has 0 aliphatic carbocycles. The van der Waals surface area contributed by atoms with E-state index in [-0.39, 0.29) is 16.3 Å². The van der Waals surface area contributed by atoms with Crippen molar-refractivity contribution in [2.75, 3.05) is 5.32 Å². The van der Waals surface area contributed by atoms with Gasteiger partial charge in [-0.3, -0.25) is 9.48 Å². The first-order valence-electron chi connectivity index (χ1n) is 5.83. The molecule has 0 saturated heterocycles. The molecule has 9 heteroatoms. The number of anilines is 1. The van der Waals surface area contributed by atoms with Gasteiger partial charge in [0.2, 0.25) is 10.0 Å². The first kappa shape index (κ1) is 15.1. The van der Waals surface area contributed by atoms with Crippen molar-refractivity contribution in [2.45, 2.75) is 11.8 Å². The van der Waals surface area contributed by atoms with Gasteiger partial charge >= 0.3 is 0 Å². The van der Waals surface area contributed by atoms with Gasteiger partial charge in [0.25, 0.3) is 5.91 Å². The summed E-state index contributed by atoms with van der Waals surface area (Å²) < 4.78 is 37.5. The van der Waals surface area contributed by atoms with Gasteiger partial charge in [-0.15, -0.1) is 0 Å². The molecule has 7 nitrogen and oxygen atoms in total. The minimum absolute atomic E-state index is 0.206. The highest BCUT2D eigenvalue weighted by atomic mass is 32.2. The van der Waals surface area contributed by atoms with Gasteiger partial charge in [0.1, 0.15) is 16.4 Å². The lowest BCUT2D eigenvalue weighted by atomic mass is 10.3. The number of hydrogen-bond donors (Lipinski definition) is 2. The number of halogens is 1. The second kappa shape index (κ2) is 5.26. The molecule has 3 N–H and O–H groups in total. The maximum absolute atomic E-state index is 13.3. The molecule has 1 aromatic carbocycles. The van der Waals surface area contributed by atoms with Crippen molar-refractivity contribution in [1.29, 1.82) is 0 Å². The highest BCUT2D eigenvalue weighted by Gasteiger charge is 2.19. The van der Waals surface area contributed by atoms with E-state index in [9.17, 15) is 17.6 Å². The highest BCUT2D eigenvalue weighted by molar-refractivity contribution is 7.89. The summed E-state index contributed by atoms with van der Waals surface area (Å²) in [6.07, 6.45) is 0. The molecule has 0 bridgehead atoms. The molecule has 1 aromatic heterocycles. The largest absolute Gasteiger partial charge is 0.319 e. The number of aromatic nitrogens is 2. The van der Waals surface area contributed by atoms with Crippen molar-refractivity contribution in [3.63, 3.8) is 0 Å². The minimum atomic E-state index is -4.09. The molecule has 0 aliphatic heterocycles. The number of benzene rings is 1. The zero-order chi connectivity index (χ0) is 15.8. The number of carbonyl (C=O) groups excluding carboxylic acids is 1. The highest BCUT2D eigenvalue weighted by Crippen LogP contribution is 2.22. The van der Waals surface area contributed by atoms with Crippen LogP contribution in [0.2, 0.25) is 0 Å². The molecule has 2 aromatic rings. The van der Waals surface area contributed by atoms with Crippen molar-refractivity contribution >= 4 is 21.6 Å². The van der Waals surface area contributed by atoms with Crippen molar-refractivity contribution in [2.24, 2.45) is 12.2 Å². The summed E-state index contributed by atoms with van der Waals surface area (Å²) in [7, 11) is -2.52. The zero-order valence-electron chi connectivity index (χ0n) is 11.3. The molecular formula is C12H13FN4O3S. The number of nitrogens with zero attached hydrogens (tertiary/aromatic N) is 2. The zero-order valence-corrected chi connectivity index (χ0v) is 12.1. The van der Waals surface area contributed by atoms with E-state index < -0.39 is 21.7 Å². The maximum Gasteiger partial charge on any atom is 0.273 e. The van der Waals surface area contributed by atoms with Gasteiger partial charge < -0.3 is 5.32 Å². The summed E-state index contributed by atoms with van der Waals surface area (Å²) >= 11 is 0. The SMILES string of the molecule is Cc1cc(C(=O)Nc2cc(F)ccc2S(N)(=O)=O)n(C)n1. The van der Waals surface area contributed by atoms with Gasteiger partial charge in [0, 0.05) is 7.05 Å². The van der Waals surface area contributed by atoms with E-state index in [1.165, 1.54) is 10.7 Å². The van der Waals surface area contributed by atoms with E-state index in [1.54, 1.807) is 14.0 Å². The average molecular weight is 312 g/mol. The van der Waals surface area contributed by atoms with Gasteiger partial charge in [-0.05, 0) is 31.2 Å². The first-order valence-corrected chi connectivity index (χ1v) is 7.37. The second-order valence-electron chi connectivity index (χ2n) is 4.43. The molecule has 0 atom stereocenters. The Morgan fingerprint density at radius 3 is 2.57 bits per heavy atom. The van der Waals surface area contributed by atoms with Crippen LogP contribution >= 0.6 is 0 Å². The van der Waals surface area contributed by atoms with Gasteiger partial charge in [0.05, 0.1) is 11.4 Å². The predicted octanol–water partition coefficient (Wildman–Crippen LogP) is 0.767. The van der Waals surface area contributed by atoms with Crippen LogP contribution in [0.1, 0.15) is 16.2 Å². The van der Waals surface area contributed by atoms with E-state index in [2.05, 4.69) is 10.4 Å². The molecule has 0 saturated carbocycles. The molecular weight excluding hydrogens is 299 g/mol. The van der Waals surface area contributed by atoms with Crippen LogP contribution in [0.25, 0.3) is 0 Å². The Balaban J connectivity index is 2.42. The Hall–Kier alpha value is -2.26. The Bertz CT molecular complexity index is 814. The number of nitrogens with two attached hydrogens (primary N) is 1. The summed E-state index contributed by atoms with van der Waals surface area (Å²) in [6, 6.07) is 4.35. The Morgan fingerprint density at radius 1 is 1.38 bits per heavy atom. The lowest BCUT2D eigenvalue weighted by Crippen LogP contribution is -2.20.